The molecule has 56 heavy (non-hydrogen) atoms. The van der Waals surface area contributed by atoms with Gasteiger partial charge in [0, 0.05) is 48.0 Å². The van der Waals surface area contributed by atoms with Crippen LogP contribution in [0.1, 0.15) is 121 Å². The van der Waals surface area contributed by atoms with Gasteiger partial charge in [0.25, 0.3) is 0 Å². The van der Waals surface area contributed by atoms with Crippen molar-refractivity contribution in [3.05, 3.63) is 36.5 Å². The van der Waals surface area contributed by atoms with Gasteiger partial charge in [0.15, 0.2) is 11.6 Å². The van der Waals surface area contributed by atoms with Crippen LogP contribution in [0.4, 0.5) is 0 Å². The van der Waals surface area contributed by atoms with Gasteiger partial charge < -0.3 is 39.7 Å². The zero-order valence-electron chi connectivity index (χ0n) is 35.8. The Balaban J connectivity index is 1.99. The van der Waals surface area contributed by atoms with E-state index in [1.54, 1.807) is 20.8 Å². The Hall–Kier alpha value is -2.25. The van der Waals surface area contributed by atoms with E-state index >= 15 is 0 Å². The molecule has 5 N–H and O–H groups in total. The van der Waals surface area contributed by atoms with Crippen LogP contribution in [-0.4, -0.2) is 97.2 Å². The lowest BCUT2D eigenvalue weighted by molar-refractivity contribution is -0.371. The molecule has 0 unspecified atom stereocenters. The summed E-state index contributed by atoms with van der Waals surface area (Å²) in [5.74, 6) is -7.28. The molecule has 3 heterocycles. The maximum absolute atomic E-state index is 13.5. The van der Waals surface area contributed by atoms with Crippen LogP contribution in [0.25, 0.3) is 0 Å². The normalized spacial score (nSPS) is 46.2. The molecule has 3 aliphatic rings. The third kappa shape index (κ3) is 11.5. The number of esters is 1. The van der Waals surface area contributed by atoms with Crippen LogP contribution in [0.3, 0.4) is 0 Å². The molecule has 3 rings (SSSR count). The van der Waals surface area contributed by atoms with Crippen molar-refractivity contribution >= 4 is 17.5 Å². The lowest BCUT2D eigenvalue weighted by Crippen LogP contribution is -2.62. The number of carbonyl (C=O) groups excluding carboxylic acids is 3. The number of carbonyl (C=O) groups is 3. The number of Topliss-reactive ketones (excluding diaryl/α,β-unsaturated/α-hetero) is 2. The fraction of sp³-hybridized carbons (Fsp3) is 0.800. The van der Waals surface area contributed by atoms with E-state index in [0.29, 0.717) is 25.7 Å². The zero-order valence-corrected chi connectivity index (χ0v) is 35.8. The van der Waals surface area contributed by atoms with E-state index in [9.17, 15) is 39.9 Å². The van der Waals surface area contributed by atoms with Crippen LogP contribution in [0.5, 0.6) is 0 Å². The van der Waals surface area contributed by atoms with Crippen molar-refractivity contribution in [3.8, 4) is 0 Å². The third-order valence-corrected chi connectivity index (χ3v) is 13.4. The van der Waals surface area contributed by atoms with Gasteiger partial charge in [-0.2, -0.15) is 0 Å². The SMILES string of the molecule is CC[C@@H]1C=C/C=C/C[C@H](C)[C@@H](O)[C@](C)(O)C(=O)[C@H](C)[C@@H](O)[C@H](C)C(=O)[C@H](C)[C@@H](O)[C@H](C)/C=C/C(=O)O[C@H]2[C@@H](C)[C@@H](CC1)O[C@@]1(CC[C@@H](C)[C@@H](C[C@H](C)O)O1)[C@@H]2C. The number of aliphatic hydroxyl groups is 5. The first-order chi connectivity index (χ1) is 26.1. The molecule has 18 atom stereocenters. The molecule has 0 aromatic rings. The molecule has 11 nitrogen and oxygen atoms in total. The van der Waals surface area contributed by atoms with Gasteiger partial charge in [0.2, 0.25) is 0 Å². The highest BCUT2D eigenvalue weighted by atomic mass is 16.7. The Morgan fingerprint density at radius 1 is 0.839 bits per heavy atom. The second-order valence-electron chi connectivity index (χ2n) is 18.0. The van der Waals surface area contributed by atoms with Gasteiger partial charge in [-0.15, -0.1) is 0 Å². The number of allylic oxidation sites excluding steroid dienone is 4. The van der Waals surface area contributed by atoms with E-state index in [1.165, 1.54) is 39.8 Å². The molecular weight excluding hydrogens is 716 g/mol. The number of hydrogen-bond donors (Lipinski definition) is 5. The second kappa shape index (κ2) is 20.6. The van der Waals surface area contributed by atoms with E-state index in [1.807, 2.05) is 32.1 Å². The van der Waals surface area contributed by atoms with Crippen molar-refractivity contribution in [1.29, 1.82) is 0 Å². The largest absolute Gasteiger partial charge is 0.458 e. The summed E-state index contributed by atoms with van der Waals surface area (Å²) in [5, 5.41) is 55.0. The first-order valence-electron chi connectivity index (χ1n) is 21.2. The summed E-state index contributed by atoms with van der Waals surface area (Å²) >= 11 is 0. The van der Waals surface area contributed by atoms with Gasteiger partial charge in [0.05, 0.1) is 36.6 Å². The van der Waals surface area contributed by atoms with Crippen LogP contribution in [0, 0.1) is 53.3 Å². The Kier molecular flexibility index (Phi) is 17.7. The molecule has 0 radical (unpaired) electrons. The van der Waals surface area contributed by atoms with E-state index in [4.69, 9.17) is 14.2 Å². The van der Waals surface area contributed by atoms with Gasteiger partial charge in [-0.1, -0.05) is 92.7 Å². The van der Waals surface area contributed by atoms with Crippen molar-refractivity contribution < 1.29 is 54.1 Å². The lowest BCUT2D eigenvalue weighted by atomic mass is 9.74. The second-order valence-corrected chi connectivity index (χ2v) is 18.0. The molecule has 0 saturated carbocycles. The number of fused-ring (bicyclic) bond motifs is 2. The van der Waals surface area contributed by atoms with Crippen molar-refractivity contribution in [2.24, 2.45) is 53.3 Å². The highest BCUT2D eigenvalue weighted by Crippen LogP contribution is 2.49. The quantitative estimate of drug-likeness (QED) is 0.216. The van der Waals surface area contributed by atoms with Crippen LogP contribution < -0.4 is 0 Å². The number of rotatable bonds is 3. The molecular formula is C45H74O11. The lowest BCUT2D eigenvalue weighted by Gasteiger charge is -2.55. The smallest absolute Gasteiger partial charge is 0.330 e. The Labute approximate surface area is 336 Å². The maximum atomic E-state index is 13.5. The summed E-state index contributed by atoms with van der Waals surface area (Å²) in [6, 6.07) is 0. The maximum Gasteiger partial charge on any atom is 0.330 e. The summed E-state index contributed by atoms with van der Waals surface area (Å²) in [7, 11) is 0. The van der Waals surface area contributed by atoms with Crippen LogP contribution in [-0.2, 0) is 28.6 Å². The third-order valence-electron chi connectivity index (χ3n) is 13.4. The zero-order chi connectivity index (χ0) is 42.3. The van der Waals surface area contributed by atoms with Crippen LogP contribution >= 0.6 is 0 Å². The Morgan fingerprint density at radius 3 is 2.11 bits per heavy atom. The summed E-state index contributed by atoms with van der Waals surface area (Å²) < 4.78 is 20.0. The van der Waals surface area contributed by atoms with Gasteiger partial charge in [-0.3, -0.25) is 9.59 Å². The first kappa shape index (κ1) is 48.1. The minimum Gasteiger partial charge on any atom is -0.458 e. The highest BCUT2D eigenvalue weighted by Gasteiger charge is 2.56. The van der Waals surface area contributed by atoms with Crippen LogP contribution in [0.15, 0.2) is 36.5 Å². The number of ketones is 2. The molecule has 11 heteroatoms. The summed E-state index contributed by atoms with van der Waals surface area (Å²) in [6.07, 6.45) is 9.62. The molecule has 320 valence electrons. The average molecular weight is 791 g/mol. The number of ether oxygens (including phenoxy) is 3. The molecule has 2 bridgehead atoms. The monoisotopic (exact) mass is 791 g/mol. The van der Waals surface area contributed by atoms with Gasteiger partial charge >= 0.3 is 5.97 Å². The minimum absolute atomic E-state index is 0.168. The molecule has 0 aromatic heterocycles. The van der Waals surface area contributed by atoms with E-state index < -0.39 is 89.0 Å². The van der Waals surface area contributed by atoms with E-state index in [2.05, 4.69) is 19.9 Å². The molecule has 0 aromatic carbocycles. The average Bonchev–Trinajstić information content (AvgIpc) is 3.16. The standard InChI is InChI=1S/C45H74O11/c1-12-34-17-15-13-14-16-27(4)42(51)44(11,53)43(52)32(9)40(50)31(8)39(49)30(7)38(48)26(3)18-21-37(47)54-41-29(6)35(20-19-34)55-45(33(41)10)23-22-25(2)36(56-45)24-28(5)46/h13-15,17-18,21,25-36,38,40-42,46,48,50-51,53H,12,16,19-20,22-24H2,1-11H3/b14-13+,17-15?,21-18+/t25-,26-,27+,28+,29+,30-,31-,32-,33-,34-,35-,36-,38+,40+,41+,42-,44+,45-/m1/s1. The predicted octanol–water partition coefficient (Wildman–Crippen LogP) is 5.88. The van der Waals surface area contributed by atoms with Crippen molar-refractivity contribution in [1.82, 2.24) is 0 Å². The Bertz CT molecular complexity index is 1390. The molecule has 3 aliphatic heterocycles. The fourth-order valence-corrected chi connectivity index (χ4v) is 9.01. The van der Waals surface area contributed by atoms with E-state index in [0.717, 1.165) is 19.3 Å². The fourth-order valence-electron chi connectivity index (χ4n) is 9.01. The van der Waals surface area contributed by atoms with Gasteiger partial charge in [-0.05, 0) is 70.1 Å². The molecule has 1 spiro atoms. The van der Waals surface area contributed by atoms with Crippen LogP contribution in [0.2, 0.25) is 0 Å². The summed E-state index contributed by atoms with van der Waals surface area (Å²) in [5.41, 5.74) is -2.18. The number of hydrogen-bond acceptors (Lipinski definition) is 11. The molecule has 2 saturated heterocycles. The highest BCUT2D eigenvalue weighted by molar-refractivity contribution is 5.91. The summed E-state index contributed by atoms with van der Waals surface area (Å²) in [6.45, 7) is 19.1. The number of aliphatic hydroxyl groups excluding tert-OH is 4. The molecule has 0 amide bonds. The Morgan fingerprint density at radius 2 is 1.48 bits per heavy atom. The van der Waals surface area contributed by atoms with Crippen molar-refractivity contribution in [2.45, 2.75) is 175 Å². The first-order valence-corrected chi connectivity index (χ1v) is 21.2. The van der Waals surface area contributed by atoms with Gasteiger partial charge in [-0.25, -0.2) is 4.79 Å². The van der Waals surface area contributed by atoms with Crippen molar-refractivity contribution in [2.75, 3.05) is 0 Å². The molecule has 2 fully saturated rings. The topological polar surface area (TPSA) is 180 Å². The predicted molar refractivity (Wildman–Crippen MR) is 215 cm³/mol. The molecule has 0 aliphatic carbocycles. The summed E-state index contributed by atoms with van der Waals surface area (Å²) in [4.78, 5) is 40.5. The van der Waals surface area contributed by atoms with Gasteiger partial charge in [0.1, 0.15) is 17.5 Å². The van der Waals surface area contributed by atoms with Crippen molar-refractivity contribution in [3.63, 3.8) is 0 Å². The van der Waals surface area contributed by atoms with E-state index in [-0.39, 0.29) is 35.9 Å². The minimum atomic E-state index is -2.18.